The third-order valence-electron chi connectivity index (χ3n) is 5.03. The van der Waals surface area contributed by atoms with Gasteiger partial charge < -0.3 is 9.84 Å². The van der Waals surface area contributed by atoms with Gasteiger partial charge in [-0.1, -0.05) is 17.7 Å². The largest absolute Gasteiger partial charge is 0.490 e. The van der Waals surface area contributed by atoms with Crippen molar-refractivity contribution >= 4 is 35.3 Å². The number of piperidine rings is 3. The number of aliphatic carboxylic acids is 1. The lowest BCUT2D eigenvalue weighted by atomic mass is 9.75. The van der Waals surface area contributed by atoms with E-state index in [1.807, 2.05) is 0 Å². The van der Waals surface area contributed by atoms with Crippen LogP contribution in [0.2, 0.25) is 5.02 Å². The summed E-state index contributed by atoms with van der Waals surface area (Å²) in [7, 11) is 0. The Kier molecular flexibility index (Phi) is 5.28. The number of hydrogen-bond acceptors (Lipinski definition) is 5. The Morgan fingerprint density at radius 2 is 1.86 bits per heavy atom. The van der Waals surface area contributed by atoms with Gasteiger partial charge in [-0.15, -0.1) is 0 Å². The predicted octanol–water partition coefficient (Wildman–Crippen LogP) is 2.92. The lowest BCUT2D eigenvalue weighted by Crippen LogP contribution is -2.63. The Bertz CT molecular complexity index is 810. The predicted molar refractivity (Wildman–Crippen MR) is 91.0 cm³/mol. The second-order valence-corrected chi connectivity index (χ2v) is 7.17. The topological polar surface area (TPSA) is 87.1 Å². The van der Waals surface area contributed by atoms with Crippen LogP contribution in [-0.4, -0.2) is 59.4 Å². The van der Waals surface area contributed by atoms with E-state index in [0.717, 1.165) is 30.8 Å². The number of anilines is 1. The first-order valence-electron chi connectivity index (χ1n) is 8.40. The van der Waals surface area contributed by atoms with Gasteiger partial charge in [0.25, 0.3) is 5.91 Å². The summed E-state index contributed by atoms with van der Waals surface area (Å²) in [6.45, 7) is 2.47. The molecule has 0 aliphatic carbocycles. The molecule has 4 heterocycles. The normalized spacial score (nSPS) is 28.8. The zero-order valence-corrected chi connectivity index (χ0v) is 15.2. The summed E-state index contributed by atoms with van der Waals surface area (Å²) in [5.74, 6) is -2.88. The fraction of sp³-hybridized carbons (Fsp3) is 0.471. The van der Waals surface area contributed by atoms with E-state index >= 15 is 0 Å². The number of carboxylic acids is 1. The first-order chi connectivity index (χ1) is 13.0. The lowest BCUT2D eigenvalue weighted by molar-refractivity contribution is -0.192. The molecule has 1 aromatic rings. The average molecular weight is 421 g/mol. The molecule has 0 aromatic heterocycles. The monoisotopic (exact) mass is 420 g/mol. The first-order valence-corrected chi connectivity index (χ1v) is 8.78. The van der Waals surface area contributed by atoms with Crippen LogP contribution in [0.4, 0.5) is 23.7 Å². The fourth-order valence-electron chi connectivity index (χ4n) is 3.73. The van der Waals surface area contributed by atoms with E-state index < -0.39 is 23.8 Å². The highest BCUT2D eigenvalue weighted by atomic mass is 35.5. The summed E-state index contributed by atoms with van der Waals surface area (Å²) in [6.07, 6.45) is -3.86. The number of hydrogen-bond donors (Lipinski definition) is 1. The van der Waals surface area contributed by atoms with Crippen LogP contribution in [0.25, 0.3) is 0 Å². The average Bonchev–Trinajstić information content (AvgIpc) is 2.85. The highest BCUT2D eigenvalue weighted by molar-refractivity contribution is 6.31. The first kappa shape index (κ1) is 20.4. The van der Waals surface area contributed by atoms with Crippen LogP contribution < -0.4 is 4.90 Å². The minimum absolute atomic E-state index is 0.128. The number of nitrogens with zero attached hydrogens (tertiary/aromatic N) is 2. The van der Waals surface area contributed by atoms with Crippen molar-refractivity contribution in [3.05, 3.63) is 29.3 Å². The van der Waals surface area contributed by atoms with E-state index in [4.69, 9.17) is 26.2 Å². The summed E-state index contributed by atoms with van der Waals surface area (Å²) in [4.78, 5) is 37.4. The molecule has 7 nitrogen and oxygen atoms in total. The molecule has 1 N–H and O–H groups in total. The van der Waals surface area contributed by atoms with Gasteiger partial charge >= 0.3 is 18.2 Å². The molecule has 1 atom stereocenters. The molecule has 4 aliphatic heterocycles. The molecule has 0 radical (unpaired) electrons. The number of ether oxygens (including phenoxy) is 1. The molecular weight excluding hydrogens is 405 g/mol. The Morgan fingerprint density at radius 1 is 1.25 bits per heavy atom. The van der Waals surface area contributed by atoms with E-state index in [0.29, 0.717) is 17.3 Å². The van der Waals surface area contributed by atoms with Crippen LogP contribution in [-0.2, 0) is 14.3 Å². The van der Waals surface area contributed by atoms with Crippen molar-refractivity contribution in [1.29, 1.82) is 0 Å². The summed E-state index contributed by atoms with van der Waals surface area (Å²) >= 11 is 5.96. The van der Waals surface area contributed by atoms with Gasteiger partial charge in [0.05, 0.1) is 5.69 Å². The van der Waals surface area contributed by atoms with Crippen molar-refractivity contribution in [2.75, 3.05) is 24.5 Å². The molecular formula is C17H16ClF3N2O5. The number of alkyl halides is 3. The van der Waals surface area contributed by atoms with Gasteiger partial charge in [-0.05, 0) is 44.1 Å². The SMILES string of the molecule is O=C(O)C(F)(F)F.O=C1OC2(CN3CCC2CC3)C(=O)N1c1cccc(Cl)c1. The maximum absolute atomic E-state index is 12.9. The van der Waals surface area contributed by atoms with Gasteiger partial charge in [0, 0.05) is 17.5 Å². The summed E-state index contributed by atoms with van der Waals surface area (Å²) < 4.78 is 37.3. The number of imide groups is 1. The maximum atomic E-state index is 12.9. The van der Waals surface area contributed by atoms with E-state index in [1.165, 1.54) is 0 Å². The van der Waals surface area contributed by atoms with Crippen LogP contribution in [0, 0.1) is 5.92 Å². The number of halogens is 4. The van der Waals surface area contributed by atoms with Crippen molar-refractivity contribution in [3.63, 3.8) is 0 Å². The lowest BCUT2D eigenvalue weighted by Gasteiger charge is -2.48. The minimum Gasteiger partial charge on any atom is -0.475 e. The molecule has 152 valence electrons. The number of carbonyl (C=O) groups is 3. The molecule has 1 unspecified atom stereocenters. The molecule has 4 fully saturated rings. The van der Waals surface area contributed by atoms with Gasteiger partial charge in [-0.2, -0.15) is 13.2 Å². The zero-order chi connectivity index (χ0) is 20.7. The highest BCUT2D eigenvalue weighted by Crippen LogP contribution is 2.44. The third kappa shape index (κ3) is 3.66. The number of fused-ring (bicyclic) bond motifs is 2. The van der Waals surface area contributed by atoms with Crippen LogP contribution in [0.15, 0.2) is 24.3 Å². The number of amides is 2. The molecule has 1 spiro atoms. The van der Waals surface area contributed by atoms with Crippen LogP contribution in [0.1, 0.15) is 12.8 Å². The van der Waals surface area contributed by atoms with Gasteiger partial charge in [-0.3, -0.25) is 9.69 Å². The summed E-state index contributed by atoms with van der Waals surface area (Å²) in [5, 5.41) is 7.61. The molecule has 2 bridgehead atoms. The van der Waals surface area contributed by atoms with E-state index in [-0.39, 0.29) is 11.8 Å². The van der Waals surface area contributed by atoms with Crippen LogP contribution in [0.3, 0.4) is 0 Å². The Hall–Kier alpha value is -2.33. The zero-order valence-electron chi connectivity index (χ0n) is 14.4. The second kappa shape index (κ2) is 7.25. The van der Waals surface area contributed by atoms with Gasteiger partial charge in [0.1, 0.15) is 0 Å². The summed E-state index contributed by atoms with van der Waals surface area (Å²) in [5.41, 5.74) is -0.513. The highest BCUT2D eigenvalue weighted by Gasteiger charge is 2.62. The van der Waals surface area contributed by atoms with Gasteiger partial charge in [-0.25, -0.2) is 14.5 Å². The Balaban J connectivity index is 0.000000279. The van der Waals surface area contributed by atoms with Crippen molar-refractivity contribution in [2.24, 2.45) is 5.92 Å². The smallest absolute Gasteiger partial charge is 0.475 e. The standard InChI is InChI=1S/C15H15ClN2O3.C2HF3O2/c16-11-2-1-3-12(8-11)18-13(19)15(21-14(18)20)9-17-6-4-10(15)5-7-17;3-2(4,5)1(6)7/h1-3,8,10H,4-7,9H2;(H,6,7). The second-order valence-electron chi connectivity index (χ2n) is 6.73. The molecule has 4 saturated heterocycles. The minimum atomic E-state index is -5.08. The molecule has 28 heavy (non-hydrogen) atoms. The third-order valence-corrected chi connectivity index (χ3v) is 5.27. The van der Waals surface area contributed by atoms with Crippen LogP contribution >= 0.6 is 11.6 Å². The van der Waals surface area contributed by atoms with Crippen molar-refractivity contribution < 1.29 is 37.4 Å². The Morgan fingerprint density at radius 3 is 2.32 bits per heavy atom. The summed E-state index contributed by atoms with van der Waals surface area (Å²) in [6, 6.07) is 6.74. The number of benzene rings is 1. The van der Waals surface area contributed by atoms with E-state index in [1.54, 1.807) is 24.3 Å². The van der Waals surface area contributed by atoms with Crippen LogP contribution in [0.5, 0.6) is 0 Å². The quantitative estimate of drug-likeness (QED) is 0.751. The molecule has 5 rings (SSSR count). The number of carbonyl (C=O) groups excluding carboxylic acids is 2. The van der Waals surface area contributed by atoms with Crippen molar-refractivity contribution in [1.82, 2.24) is 4.90 Å². The fourth-order valence-corrected chi connectivity index (χ4v) is 3.92. The Labute approximate surface area is 162 Å². The molecule has 2 amide bonds. The van der Waals surface area contributed by atoms with E-state index in [2.05, 4.69) is 4.90 Å². The van der Waals surface area contributed by atoms with Crippen molar-refractivity contribution in [2.45, 2.75) is 24.6 Å². The molecule has 0 saturated carbocycles. The number of carboxylic acid groups (broad SMARTS) is 1. The van der Waals surface area contributed by atoms with Gasteiger partial charge in [0.2, 0.25) is 5.60 Å². The maximum Gasteiger partial charge on any atom is 0.490 e. The number of rotatable bonds is 1. The molecule has 11 heteroatoms. The van der Waals surface area contributed by atoms with Crippen molar-refractivity contribution in [3.8, 4) is 0 Å². The van der Waals surface area contributed by atoms with Gasteiger partial charge in [0.15, 0.2) is 0 Å². The molecule has 1 aromatic carbocycles. The molecule has 4 aliphatic rings. The van der Waals surface area contributed by atoms with E-state index in [9.17, 15) is 22.8 Å².